The van der Waals surface area contributed by atoms with Gasteiger partial charge in [-0.05, 0) is 78.7 Å². The molecule has 1 aromatic heterocycles. The number of hydrogen-bond donors (Lipinski definition) is 2. The van der Waals surface area contributed by atoms with E-state index in [9.17, 15) is 10.1 Å². The van der Waals surface area contributed by atoms with Crippen molar-refractivity contribution in [3.63, 3.8) is 0 Å². The van der Waals surface area contributed by atoms with E-state index in [1.165, 1.54) is 0 Å². The first-order valence-corrected chi connectivity index (χ1v) is 13.8. The van der Waals surface area contributed by atoms with E-state index in [4.69, 9.17) is 25.0 Å². The average molecular weight is 615 g/mol. The Kier molecular flexibility index (Phi) is 7.99. The molecule has 0 fully saturated rings. The maximum Gasteiger partial charge on any atom is 0.262 e. The fourth-order valence-corrected chi connectivity index (χ4v) is 5.30. The number of anilines is 1. The molecule has 3 N–H and O–H groups in total. The summed E-state index contributed by atoms with van der Waals surface area (Å²) in [4.78, 5) is 12.6. The zero-order valence-corrected chi connectivity index (χ0v) is 24.4. The zero-order chi connectivity index (χ0) is 29.1. The smallest absolute Gasteiger partial charge is 0.262 e. The summed E-state index contributed by atoms with van der Waals surface area (Å²) < 4.78 is 20.1. The van der Waals surface area contributed by atoms with Crippen molar-refractivity contribution in [3.8, 4) is 29.1 Å². The van der Waals surface area contributed by atoms with Gasteiger partial charge in [-0.1, -0.05) is 35.9 Å². The molecule has 9 nitrogen and oxygen atoms in total. The number of fused-ring (bicyclic) bond motifs is 1. The first-order chi connectivity index (χ1) is 19.8. The zero-order valence-electron chi connectivity index (χ0n) is 22.8. The minimum absolute atomic E-state index is 0.00395. The highest BCUT2D eigenvalue weighted by atomic mass is 79.9. The monoisotopic (exact) mass is 613 g/mol. The predicted octanol–water partition coefficient (Wildman–Crippen LogP) is 5.89. The second kappa shape index (κ2) is 11.8. The number of carbonyl (C=O) groups is 1. The van der Waals surface area contributed by atoms with E-state index in [-0.39, 0.29) is 24.0 Å². The van der Waals surface area contributed by atoms with Gasteiger partial charge >= 0.3 is 0 Å². The number of nitrogens with one attached hydrogen (secondary N) is 1. The first kappa shape index (κ1) is 27.8. The van der Waals surface area contributed by atoms with Crippen LogP contribution in [0.2, 0.25) is 0 Å². The normalized spacial score (nSPS) is 14.1. The van der Waals surface area contributed by atoms with Crippen molar-refractivity contribution < 1.29 is 19.0 Å². The lowest BCUT2D eigenvalue weighted by atomic mass is 9.84. The lowest BCUT2D eigenvalue weighted by molar-refractivity contribution is -0.118. The highest BCUT2D eigenvalue weighted by Crippen LogP contribution is 2.48. The Morgan fingerprint density at radius 3 is 2.56 bits per heavy atom. The fraction of sp³-hybridized carbons (Fsp3) is 0.194. The molecule has 4 aromatic rings. The standard InChI is InChI=1S/C31H28BrN5O4/c1-4-39-25-15-20(14-24(32)29(25)40-17-26(38)35-21-12-10-18(2)11-13-21)28-23(16-33)30(34)41-31-27(28)19(3)36-37(31)22-8-6-5-7-9-22/h5-15,28H,4,17,34H2,1-3H3,(H,35,38)/t28-/m0/s1. The number of carbonyl (C=O) groups excluding carboxylic acids is 1. The van der Waals surface area contributed by atoms with Gasteiger partial charge in [-0.2, -0.15) is 10.4 Å². The molecule has 41 heavy (non-hydrogen) atoms. The van der Waals surface area contributed by atoms with Crippen molar-refractivity contribution in [2.24, 2.45) is 5.73 Å². The van der Waals surface area contributed by atoms with Crippen LogP contribution in [0.1, 0.15) is 35.2 Å². The van der Waals surface area contributed by atoms with Crippen LogP contribution < -0.4 is 25.3 Å². The third-order valence-electron chi connectivity index (χ3n) is 6.58. The van der Waals surface area contributed by atoms with E-state index in [1.54, 1.807) is 10.7 Å². The molecule has 0 unspecified atom stereocenters. The minimum Gasteiger partial charge on any atom is -0.490 e. The van der Waals surface area contributed by atoms with Gasteiger partial charge in [0.05, 0.1) is 33.9 Å². The van der Waals surface area contributed by atoms with E-state index in [1.807, 2.05) is 81.4 Å². The van der Waals surface area contributed by atoms with Crippen LogP contribution in [0.3, 0.4) is 0 Å². The summed E-state index contributed by atoms with van der Waals surface area (Å²) in [6.45, 7) is 5.83. The van der Waals surface area contributed by atoms with E-state index < -0.39 is 5.92 Å². The molecule has 0 bridgehead atoms. The molecule has 208 valence electrons. The van der Waals surface area contributed by atoms with E-state index in [2.05, 4.69) is 27.3 Å². The number of hydrogen-bond acceptors (Lipinski definition) is 7. The van der Waals surface area contributed by atoms with E-state index in [0.29, 0.717) is 39.8 Å². The number of benzene rings is 3. The molecule has 1 aliphatic rings. The van der Waals surface area contributed by atoms with Gasteiger partial charge in [-0.25, -0.2) is 4.68 Å². The summed E-state index contributed by atoms with van der Waals surface area (Å²) in [5, 5.41) is 17.6. The predicted molar refractivity (Wildman–Crippen MR) is 158 cm³/mol. The van der Waals surface area contributed by atoms with Gasteiger partial charge in [0.2, 0.25) is 11.8 Å². The van der Waals surface area contributed by atoms with Crippen LogP contribution in [0.25, 0.3) is 5.69 Å². The molecule has 2 heterocycles. The molecular weight excluding hydrogens is 586 g/mol. The highest BCUT2D eigenvalue weighted by molar-refractivity contribution is 9.10. The van der Waals surface area contributed by atoms with Crippen molar-refractivity contribution in [3.05, 3.63) is 105 Å². The number of para-hydroxylation sites is 1. The summed E-state index contributed by atoms with van der Waals surface area (Å²) in [5.41, 5.74) is 11.3. The summed E-state index contributed by atoms with van der Waals surface area (Å²) in [5.74, 6) is 0.344. The lowest BCUT2D eigenvalue weighted by Crippen LogP contribution is -2.22. The minimum atomic E-state index is -0.574. The third-order valence-corrected chi connectivity index (χ3v) is 7.17. The van der Waals surface area contributed by atoms with Crippen LogP contribution in [0.5, 0.6) is 17.4 Å². The molecule has 1 atom stereocenters. The van der Waals surface area contributed by atoms with Crippen LogP contribution in [0, 0.1) is 25.2 Å². The summed E-state index contributed by atoms with van der Waals surface area (Å²) in [6, 6.07) is 22.9. The second-order valence-corrected chi connectivity index (χ2v) is 10.3. The number of nitriles is 1. The number of aromatic nitrogens is 2. The Hall–Kier alpha value is -4.75. The molecule has 0 radical (unpaired) electrons. The first-order valence-electron chi connectivity index (χ1n) is 13.0. The molecule has 10 heteroatoms. The Labute approximate surface area is 246 Å². The van der Waals surface area contributed by atoms with Crippen LogP contribution in [-0.4, -0.2) is 28.9 Å². The second-order valence-electron chi connectivity index (χ2n) is 9.44. The largest absolute Gasteiger partial charge is 0.490 e. The van der Waals surface area contributed by atoms with Crippen LogP contribution in [-0.2, 0) is 4.79 Å². The van der Waals surface area contributed by atoms with Gasteiger partial charge in [-0.15, -0.1) is 0 Å². The summed E-state index contributed by atoms with van der Waals surface area (Å²) in [6.07, 6.45) is 0. The number of allylic oxidation sites excluding steroid dienone is 1. The Bertz CT molecular complexity index is 1670. The van der Waals surface area contributed by atoms with Crippen molar-refractivity contribution in [1.29, 1.82) is 5.26 Å². The maximum atomic E-state index is 12.6. The van der Waals surface area contributed by atoms with Gasteiger partial charge in [0.1, 0.15) is 11.6 Å². The molecular formula is C31H28BrN5O4. The highest BCUT2D eigenvalue weighted by Gasteiger charge is 2.37. The molecule has 1 amide bonds. The van der Waals surface area contributed by atoms with E-state index >= 15 is 0 Å². The van der Waals surface area contributed by atoms with Gasteiger partial charge < -0.3 is 25.3 Å². The number of nitrogens with two attached hydrogens (primary N) is 1. The van der Waals surface area contributed by atoms with Crippen LogP contribution >= 0.6 is 15.9 Å². The van der Waals surface area contributed by atoms with Crippen molar-refractivity contribution >= 4 is 27.5 Å². The summed E-state index contributed by atoms with van der Waals surface area (Å²) >= 11 is 3.60. The average Bonchev–Trinajstić information content (AvgIpc) is 3.29. The van der Waals surface area contributed by atoms with Crippen molar-refractivity contribution in [2.45, 2.75) is 26.7 Å². The van der Waals surface area contributed by atoms with Crippen LogP contribution in [0.15, 0.2) is 82.7 Å². The number of ether oxygens (including phenoxy) is 3. The topological polar surface area (TPSA) is 124 Å². The molecule has 0 saturated heterocycles. The van der Waals surface area contributed by atoms with E-state index in [0.717, 1.165) is 22.4 Å². The van der Waals surface area contributed by atoms with Gasteiger partial charge in [0, 0.05) is 5.69 Å². The molecule has 5 rings (SSSR count). The third kappa shape index (κ3) is 5.62. The lowest BCUT2D eigenvalue weighted by Gasteiger charge is -2.26. The Morgan fingerprint density at radius 1 is 1.15 bits per heavy atom. The van der Waals surface area contributed by atoms with Crippen molar-refractivity contribution in [1.82, 2.24) is 9.78 Å². The Balaban J connectivity index is 1.50. The molecule has 0 spiro atoms. The van der Waals surface area contributed by atoms with Gasteiger partial charge in [0.15, 0.2) is 18.1 Å². The number of nitrogens with zero attached hydrogens (tertiary/aromatic N) is 3. The number of amides is 1. The van der Waals surface area contributed by atoms with Crippen LogP contribution in [0.4, 0.5) is 5.69 Å². The Morgan fingerprint density at radius 2 is 1.88 bits per heavy atom. The molecule has 0 saturated carbocycles. The molecule has 3 aromatic carbocycles. The SMILES string of the molecule is CCOc1cc([C@H]2C(C#N)=C(N)Oc3c2c(C)nn3-c2ccccc2)cc(Br)c1OCC(=O)Nc1ccc(C)cc1. The van der Waals surface area contributed by atoms with Crippen molar-refractivity contribution in [2.75, 3.05) is 18.5 Å². The molecule has 1 aliphatic heterocycles. The molecule has 0 aliphatic carbocycles. The number of rotatable bonds is 8. The number of halogens is 1. The van der Waals surface area contributed by atoms with Gasteiger partial charge in [0.25, 0.3) is 5.91 Å². The quantitative estimate of drug-likeness (QED) is 0.254. The summed E-state index contributed by atoms with van der Waals surface area (Å²) in [7, 11) is 0. The van der Waals surface area contributed by atoms with Gasteiger partial charge in [-0.3, -0.25) is 4.79 Å². The fourth-order valence-electron chi connectivity index (χ4n) is 4.72. The maximum absolute atomic E-state index is 12.6. The number of aryl methyl sites for hydroxylation is 2.